The van der Waals surface area contributed by atoms with Crippen molar-refractivity contribution in [3.05, 3.63) is 40.3 Å². The molecule has 0 saturated carbocycles. The molecule has 8 heteroatoms. The number of nitrogens with one attached hydrogen (secondary N) is 1. The van der Waals surface area contributed by atoms with Gasteiger partial charge < -0.3 is 15.8 Å². The molecule has 0 fully saturated rings. The van der Waals surface area contributed by atoms with Crippen LogP contribution in [0.25, 0.3) is 0 Å². The molecule has 2 rings (SSSR count). The Morgan fingerprint density at radius 2 is 2.19 bits per heavy atom. The molecule has 1 aromatic heterocycles. The van der Waals surface area contributed by atoms with Crippen molar-refractivity contribution >= 4 is 40.6 Å². The van der Waals surface area contributed by atoms with E-state index in [4.69, 9.17) is 33.7 Å². The quantitative estimate of drug-likeness (QED) is 0.824. The lowest BCUT2D eigenvalue weighted by atomic mass is 10.1. The Bertz CT molecular complexity index is 679. The van der Waals surface area contributed by atoms with Gasteiger partial charge in [0.25, 0.3) is 0 Å². The third kappa shape index (κ3) is 3.96. The summed E-state index contributed by atoms with van der Waals surface area (Å²) >= 11 is 11.7. The number of methoxy groups -OCH3 is 1. The lowest BCUT2D eigenvalue weighted by Gasteiger charge is -2.12. The number of halogens is 2. The summed E-state index contributed by atoms with van der Waals surface area (Å²) in [6, 6.07) is 5.21. The van der Waals surface area contributed by atoms with Gasteiger partial charge in [0, 0.05) is 0 Å². The van der Waals surface area contributed by atoms with Crippen LogP contribution in [0, 0.1) is 0 Å². The lowest BCUT2D eigenvalue weighted by Crippen LogP contribution is -2.13. The van der Waals surface area contributed by atoms with Crippen LogP contribution < -0.4 is 15.8 Å². The minimum absolute atomic E-state index is 0.0752. The number of anilines is 2. The second-order valence-corrected chi connectivity index (χ2v) is 4.88. The van der Waals surface area contributed by atoms with Gasteiger partial charge in [-0.3, -0.25) is 4.79 Å². The fourth-order valence-electron chi connectivity index (χ4n) is 1.71. The number of benzene rings is 1. The first-order valence-corrected chi connectivity index (χ1v) is 6.65. The van der Waals surface area contributed by atoms with Gasteiger partial charge in [-0.25, -0.2) is 4.98 Å². The summed E-state index contributed by atoms with van der Waals surface area (Å²) in [4.78, 5) is 18.7. The van der Waals surface area contributed by atoms with Crippen LogP contribution in [-0.2, 0) is 11.2 Å². The Morgan fingerprint density at radius 3 is 2.86 bits per heavy atom. The molecule has 1 aromatic carbocycles. The summed E-state index contributed by atoms with van der Waals surface area (Å²) in [6.45, 7) is 0. The molecule has 0 aliphatic heterocycles. The smallest absolute Gasteiger partial charge is 0.224 e. The average molecular weight is 327 g/mol. The first-order chi connectivity index (χ1) is 9.99. The Labute approximate surface area is 131 Å². The Morgan fingerprint density at radius 1 is 1.43 bits per heavy atom. The maximum Gasteiger partial charge on any atom is 0.224 e. The number of amides is 1. The van der Waals surface area contributed by atoms with Crippen molar-refractivity contribution in [1.82, 2.24) is 9.97 Å². The summed E-state index contributed by atoms with van der Waals surface area (Å²) in [5.41, 5.74) is 6.54. The first kappa shape index (κ1) is 15.3. The number of carbonyl (C=O) groups excluding carboxylic acids is 1. The molecule has 0 unspecified atom stereocenters. The molecule has 0 spiro atoms. The summed E-state index contributed by atoms with van der Waals surface area (Å²) in [7, 11) is 1.52. The number of nitrogens with zero attached hydrogens (tertiary/aromatic N) is 2. The van der Waals surface area contributed by atoms with Crippen molar-refractivity contribution in [1.29, 1.82) is 0 Å². The minimum Gasteiger partial charge on any atom is -0.495 e. The number of rotatable bonds is 5. The van der Waals surface area contributed by atoms with Crippen LogP contribution in [0.15, 0.2) is 24.4 Å². The number of hydrogen-bond donors (Lipinski definition) is 2. The van der Waals surface area contributed by atoms with Crippen LogP contribution in [0.1, 0.15) is 5.56 Å². The number of hydrogen-bond acceptors (Lipinski definition) is 5. The minimum atomic E-state index is -0.414. The zero-order valence-corrected chi connectivity index (χ0v) is 12.6. The van der Waals surface area contributed by atoms with Gasteiger partial charge in [0.15, 0.2) is 5.82 Å². The summed E-state index contributed by atoms with van der Waals surface area (Å²) in [6.07, 6.45) is 1.53. The van der Waals surface area contributed by atoms with E-state index in [9.17, 15) is 4.79 Å². The normalized spacial score (nSPS) is 10.2. The Kier molecular flexibility index (Phi) is 4.82. The zero-order valence-electron chi connectivity index (χ0n) is 11.1. The fraction of sp³-hybridized carbons (Fsp3) is 0.154. The SMILES string of the molecule is COc1cc(CC(N)=O)ccc1Nc1nc(Cl)ncc1Cl. The number of nitrogens with two attached hydrogens (primary N) is 1. The van der Waals surface area contributed by atoms with Crippen LogP contribution in [-0.4, -0.2) is 23.0 Å². The molecule has 0 aliphatic carbocycles. The first-order valence-electron chi connectivity index (χ1n) is 5.90. The van der Waals surface area contributed by atoms with Gasteiger partial charge >= 0.3 is 0 Å². The molecule has 2 aromatic rings. The average Bonchev–Trinajstić information content (AvgIpc) is 2.43. The maximum atomic E-state index is 10.9. The molecule has 0 bridgehead atoms. The summed E-state index contributed by atoms with van der Waals surface area (Å²) in [5, 5.41) is 3.40. The van der Waals surface area contributed by atoms with Gasteiger partial charge in [-0.1, -0.05) is 17.7 Å². The molecule has 21 heavy (non-hydrogen) atoms. The van der Waals surface area contributed by atoms with E-state index < -0.39 is 5.91 Å². The predicted molar refractivity (Wildman–Crippen MR) is 81.2 cm³/mol. The predicted octanol–water partition coefficient (Wildman–Crippen LogP) is 2.56. The molecule has 0 aliphatic rings. The molecule has 0 radical (unpaired) electrons. The molecule has 6 nitrogen and oxygen atoms in total. The summed E-state index contributed by atoms with van der Waals surface area (Å²) in [5.74, 6) is 0.473. The van der Waals surface area contributed by atoms with Crippen LogP contribution in [0.4, 0.5) is 11.5 Å². The van der Waals surface area contributed by atoms with E-state index in [-0.39, 0.29) is 11.7 Å². The fourth-order valence-corrected chi connectivity index (χ4v) is 1.98. The third-order valence-corrected chi connectivity index (χ3v) is 3.07. The van der Waals surface area contributed by atoms with Crippen molar-refractivity contribution in [2.24, 2.45) is 5.73 Å². The second kappa shape index (κ2) is 6.60. The van der Waals surface area contributed by atoms with Crippen LogP contribution >= 0.6 is 23.2 Å². The van der Waals surface area contributed by atoms with E-state index in [0.29, 0.717) is 22.3 Å². The monoisotopic (exact) mass is 326 g/mol. The van der Waals surface area contributed by atoms with Gasteiger partial charge in [0.1, 0.15) is 10.8 Å². The van der Waals surface area contributed by atoms with Crippen molar-refractivity contribution in [2.45, 2.75) is 6.42 Å². The van der Waals surface area contributed by atoms with Gasteiger partial charge in [-0.15, -0.1) is 0 Å². The highest BCUT2D eigenvalue weighted by molar-refractivity contribution is 6.33. The summed E-state index contributed by atoms with van der Waals surface area (Å²) < 4.78 is 5.28. The van der Waals surface area contributed by atoms with Gasteiger partial charge in [-0.2, -0.15) is 4.98 Å². The highest BCUT2D eigenvalue weighted by Crippen LogP contribution is 2.31. The Hall–Kier alpha value is -2.05. The van der Waals surface area contributed by atoms with E-state index in [1.165, 1.54) is 13.3 Å². The molecule has 110 valence electrons. The standard InChI is InChI=1S/C13H12Cl2N4O2/c1-21-10-4-7(5-11(16)20)2-3-9(10)18-12-8(14)6-17-13(15)19-12/h2-4,6H,5H2,1H3,(H2,16,20)(H,17,18,19). The molecule has 1 heterocycles. The van der Waals surface area contributed by atoms with Gasteiger partial charge in [0.05, 0.1) is 25.4 Å². The van der Waals surface area contributed by atoms with Gasteiger partial charge in [0.2, 0.25) is 11.2 Å². The third-order valence-electron chi connectivity index (χ3n) is 2.61. The zero-order chi connectivity index (χ0) is 15.4. The second-order valence-electron chi connectivity index (χ2n) is 4.14. The largest absolute Gasteiger partial charge is 0.495 e. The topological polar surface area (TPSA) is 90.1 Å². The van der Waals surface area contributed by atoms with Crippen molar-refractivity contribution < 1.29 is 9.53 Å². The van der Waals surface area contributed by atoms with Crippen LogP contribution in [0.5, 0.6) is 5.75 Å². The van der Waals surface area contributed by atoms with Crippen LogP contribution in [0.3, 0.4) is 0 Å². The molecular weight excluding hydrogens is 315 g/mol. The maximum absolute atomic E-state index is 10.9. The van der Waals surface area contributed by atoms with Crippen molar-refractivity contribution in [2.75, 3.05) is 12.4 Å². The highest BCUT2D eigenvalue weighted by Gasteiger charge is 2.10. The van der Waals surface area contributed by atoms with Crippen molar-refractivity contribution in [3.8, 4) is 5.75 Å². The van der Waals surface area contributed by atoms with E-state index in [1.54, 1.807) is 18.2 Å². The van der Waals surface area contributed by atoms with E-state index in [0.717, 1.165) is 5.56 Å². The van der Waals surface area contributed by atoms with Gasteiger partial charge in [-0.05, 0) is 29.3 Å². The number of primary amides is 1. The van der Waals surface area contributed by atoms with E-state index in [2.05, 4.69) is 15.3 Å². The highest BCUT2D eigenvalue weighted by atomic mass is 35.5. The molecular formula is C13H12Cl2N4O2. The van der Waals surface area contributed by atoms with Crippen molar-refractivity contribution in [3.63, 3.8) is 0 Å². The molecule has 0 saturated heterocycles. The molecule has 0 atom stereocenters. The lowest BCUT2D eigenvalue weighted by molar-refractivity contribution is -0.117. The van der Waals surface area contributed by atoms with Crippen LogP contribution in [0.2, 0.25) is 10.3 Å². The Balaban J connectivity index is 2.31. The number of aromatic nitrogens is 2. The molecule has 1 amide bonds. The number of carbonyl (C=O) groups is 1. The number of ether oxygens (including phenoxy) is 1. The molecule has 3 N–H and O–H groups in total. The van der Waals surface area contributed by atoms with E-state index in [1.807, 2.05) is 0 Å². The van der Waals surface area contributed by atoms with E-state index >= 15 is 0 Å².